The zero-order valence-electron chi connectivity index (χ0n) is 15.5. The minimum Gasteiger partial charge on any atom is -0.453 e. The van der Waals surface area contributed by atoms with Crippen molar-refractivity contribution in [2.45, 2.75) is 20.4 Å². The average molecular weight is 363 g/mol. The molecule has 27 heavy (non-hydrogen) atoms. The number of amides is 1. The van der Waals surface area contributed by atoms with Gasteiger partial charge in [0.1, 0.15) is 5.82 Å². The lowest BCUT2D eigenvalue weighted by atomic mass is 10.2. The standard InChI is InChI=1S/C20H21N5O2/c1-13-14(2)23-19(16-5-4-10-21-12-16)25-18(13)22-11-15-6-8-17(9-7-15)24-20(26)27-3/h4-10,12H,11H2,1-3H3,(H,24,26)(H,22,23,25). The van der Waals surface area contributed by atoms with Crippen LogP contribution in [0.4, 0.5) is 16.3 Å². The Morgan fingerprint density at radius 3 is 2.56 bits per heavy atom. The van der Waals surface area contributed by atoms with Gasteiger partial charge in [0, 0.05) is 41.4 Å². The van der Waals surface area contributed by atoms with Crippen molar-refractivity contribution in [3.05, 3.63) is 65.6 Å². The molecule has 0 saturated carbocycles. The normalized spacial score (nSPS) is 10.3. The van der Waals surface area contributed by atoms with Crippen LogP contribution in [0.2, 0.25) is 0 Å². The molecule has 0 saturated heterocycles. The topological polar surface area (TPSA) is 89.0 Å². The zero-order valence-corrected chi connectivity index (χ0v) is 15.5. The molecule has 0 spiro atoms. The van der Waals surface area contributed by atoms with Gasteiger partial charge in [-0.2, -0.15) is 0 Å². The molecular formula is C20H21N5O2. The highest BCUT2D eigenvalue weighted by molar-refractivity contribution is 5.84. The maximum absolute atomic E-state index is 11.2. The van der Waals surface area contributed by atoms with E-state index in [4.69, 9.17) is 0 Å². The molecule has 0 fully saturated rings. The van der Waals surface area contributed by atoms with Gasteiger partial charge in [-0.3, -0.25) is 10.3 Å². The number of nitrogens with one attached hydrogen (secondary N) is 2. The Labute approximate surface area is 157 Å². The van der Waals surface area contributed by atoms with Crippen molar-refractivity contribution < 1.29 is 9.53 Å². The lowest BCUT2D eigenvalue weighted by Crippen LogP contribution is -2.11. The van der Waals surface area contributed by atoms with Gasteiger partial charge < -0.3 is 10.1 Å². The third-order valence-electron chi connectivity index (χ3n) is 4.15. The fourth-order valence-corrected chi connectivity index (χ4v) is 2.49. The second-order valence-corrected chi connectivity index (χ2v) is 6.01. The molecule has 0 bridgehead atoms. The fraction of sp³-hybridized carbons (Fsp3) is 0.200. The van der Waals surface area contributed by atoms with Crippen LogP contribution in [0.3, 0.4) is 0 Å². The van der Waals surface area contributed by atoms with Crippen LogP contribution in [0.5, 0.6) is 0 Å². The molecule has 2 N–H and O–H groups in total. The Hall–Kier alpha value is -3.48. The molecule has 0 unspecified atom stereocenters. The van der Waals surface area contributed by atoms with Crippen LogP contribution < -0.4 is 10.6 Å². The number of anilines is 2. The van der Waals surface area contributed by atoms with Crippen molar-refractivity contribution in [2.24, 2.45) is 0 Å². The molecule has 1 aromatic carbocycles. The van der Waals surface area contributed by atoms with Crippen LogP contribution in [-0.2, 0) is 11.3 Å². The van der Waals surface area contributed by atoms with Crippen molar-refractivity contribution >= 4 is 17.6 Å². The third kappa shape index (κ3) is 4.58. The molecule has 0 aliphatic heterocycles. The van der Waals surface area contributed by atoms with Crippen LogP contribution in [-0.4, -0.2) is 28.2 Å². The zero-order chi connectivity index (χ0) is 19.2. The Bertz CT molecular complexity index is 927. The van der Waals surface area contributed by atoms with Gasteiger partial charge in [0.15, 0.2) is 5.82 Å². The number of hydrogen-bond donors (Lipinski definition) is 2. The fourth-order valence-electron chi connectivity index (χ4n) is 2.49. The van der Waals surface area contributed by atoms with Gasteiger partial charge in [-0.15, -0.1) is 0 Å². The second kappa shape index (κ2) is 8.27. The summed E-state index contributed by atoms with van der Waals surface area (Å²) < 4.78 is 4.58. The number of aryl methyl sites for hydroxylation is 1. The Balaban J connectivity index is 1.74. The largest absolute Gasteiger partial charge is 0.453 e. The number of rotatable bonds is 5. The maximum atomic E-state index is 11.2. The SMILES string of the molecule is COC(=O)Nc1ccc(CNc2nc(-c3cccnc3)nc(C)c2C)cc1. The summed E-state index contributed by atoms with van der Waals surface area (Å²) in [5.41, 5.74) is 4.54. The third-order valence-corrected chi connectivity index (χ3v) is 4.15. The molecular weight excluding hydrogens is 342 g/mol. The molecule has 0 atom stereocenters. The first-order valence-electron chi connectivity index (χ1n) is 8.50. The van der Waals surface area contributed by atoms with E-state index >= 15 is 0 Å². The second-order valence-electron chi connectivity index (χ2n) is 6.01. The van der Waals surface area contributed by atoms with Crippen molar-refractivity contribution in [1.29, 1.82) is 0 Å². The smallest absolute Gasteiger partial charge is 0.411 e. The molecule has 138 valence electrons. The van der Waals surface area contributed by atoms with E-state index < -0.39 is 6.09 Å². The van der Waals surface area contributed by atoms with Crippen LogP contribution in [0, 0.1) is 13.8 Å². The van der Waals surface area contributed by atoms with Gasteiger partial charge in [-0.25, -0.2) is 14.8 Å². The van der Waals surface area contributed by atoms with E-state index in [1.54, 1.807) is 12.4 Å². The lowest BCUT2D eigenvalue weighted by Gasteiger charge is -2.13. The molecule has 2 aromatic heterocycles. The van der Waals surface area contributed by atoms with E-state index in [2.05, 4.69) is 30.3 Å². The van der Waals surface area contributed by atoms with Crippen LogP contribution in [0.25, 0.3) is 11.4 Å². The molecule has 0 radical (unpaired) electrons. The van der Waals surface area contributed by atoms with E-state index in [0.717, 1.165) is 28.2 Å². The molecule has 2 heterocycles. The van der Waals surface area contributed by atoms with Crippen molar-refractivity contribution in [3.8, 4) is 11.4 Å². The summed E-state index contributed by atoms with van der Waals surface area (Å²) in [6.45, 7) is 4.56. The number of carbonyl (C=O) groups is 1. The van der Waals surface area contributed by atoms with Gasteiger partial charge in [-0.05, 0) is 43.7 Å². The van der Waals surface area contributed by atoms with E-state index in [9.17, 15) is 4.79 Å². The summed E-state index contributed by atoms with van der Waals surface area (Å²) in [7, 11) is 1.33. The summed E-state index contributed by atoms with van der Waals surface area (Å²) in [4.78, 5) is 24.6. The first-order valence-corrected chi connectivity index (χ1v) is 8.50. The van der Waals surface area contributed by atoms with Gasteiger partial charge in [0.25, 0.3) is 0 Å². The van der Waals surface area contributed by atoms with Gasteiger partial charge in [0.2, 0.25) is 0 Å². The first-order chi connectivity index (χ1) is 13.1. The molecule has 1 amide bonds. The average Bonchev–Trinajstić information content (AvgIpc) is 2.70. The molecule has 0 aliphatic carbocycles. The maximum Gasteiger partial charge on any atom is 0.411 e. The van der Waals surface area contributed by atoms with E-state index in [-0.39, 0.29) is 0 Å². The summed E-state index contributed by atoms with van der Waals surface area (Å²) in [5.74, 6) is 1.43. The lowest BCUT2D eigenvalue weighted by molar-refractivity contribution is 0.187. The first kappa shape index (κ1) is 18.3. The Morgan fingerprint density at radius 2 is 1.89 bits per heavy atom. The number of pyridine rings is 1. The Kier molecular flexibility index (Phi) is 5.61. The quantitative estimate of drug-likeness (QED) is 0.713. The highest BCUT2D eigenvalue weighted by Crippen LogP contribution is 2.21. The van der Waals surface area contributed by atoms with Gasteiger partial charge >= 0.3 is 6.09 Å². The molecule has 7 heteroatoms. The number of carbonyl (C=O) groups excluding carboxylic acids is 1. The number of nitrogens with zero attached hydrogens (tertiary/aromatic N) is 3. The highest BCUT2D eigenvalue weighted by Gasteiger charge is 2.10. The van der Waals surface area contributed by atoms with Crippen LogP contribution >= 0.6 is 0 Å². The number of methoxy groups -OCH3 is 1. The van der Waals surface area contributed by atoms with Crippen LogP contribution in [0.1, 0.15) is 16.8 Å². The molecule has 0 aliphatic rings. The van der Waals surface area contributed by atoms with Crippen molar-refractivity contribution in [1.82, 2.24) is 15.0 Å². The van der Waals surface area contributed by atoms with Crippen LogP contribution in [0.15, 0.2) is 48.8 Å². The predicted molar refractivity (Wildman–Crippen MR) is 105 cm³/mol. The van der Waals surface area contributed by atoms with Crippen molar-refractivity contribution in [2.75, 3.05) is 17.7 Å². The monoisotopic (exact) mass is 363 g/mol. The Morgan fingerprint density at radius 1 is 1.11 bits per heavy atom. The molecule has 3 aromatic rings. The van der Waals surface area contributed by atoms with E-state index in [1.807, 2.05) is 50.2 Å². The summed E-state index contributed by atoms with van der Waals surface area (Å²) in [5, 5.41) is 5.99. The molecule has 7 nitrogen and oxygen atoms in total. The number of ether oxygens (including phenoxy) is 1. The highest BCUT2D eigenvalue weighted by atomic mass is 16.5. The predicted octanol–water partition coefficient (Wildman–Crippen LogP) is 3.95. The molecule has 3 rings (SSSR count). The number of benzene rings is 1. The van der Waals surface area contributed by atoms with E-state index in [1.165, 1.54) is 7.11 Å². The minimum atomic E-state index is -0.490. The van der Waals surface area contributed by atoms with Crippen molar-refractivity contribution in [3.63, 3.8) is 0 Å². The van der Waals surface area contributed by atoms with Gasteiger partial charge in [-0.1, -0.05) is 12.1 Å². The summed E-state index contributed by atoms with van der Waals surface area (Å²) >= 11 is 0. The summed E-state index contributed by atoms with van der Waals surface area (Å²) in [6, 6.07) is 11.3. The number of aromatic nitrogens is 3. The number of hydrogen-bond acceptors (Lipinski definition) is 6. The van der Waals surface area contributed by atoms with E-state index in [0.29, 0.717) is 18.1 Å². The van der Waals surface area contributed by atoms with Gasteiger partial charge in [0.05, 0.1) is 7.11 Å². The minimum absolute atomic E-state index is 0.490. The summed E-state index contributed by atoms with van der Waals surface area (Å²) in [6.07, 6.45) is 2.99.